The Morgan fingerprint density at radius 1 is 0.424 bits per heavy atom. The summed E-state index contributed by atoms with van der Waals surface area (Å²) >= 11 is 0. The van der Waals surface area contributed by atoms with E-state index in [-0.39, 0.29) is 5.41 Å². The number of nitrogens with zero attached hydrogens (tertiary/aromatic N) is 3. The number of hydrazone groups is 1. The van der Waals surface area contributed by atoms with Gasteiger partial charge >= 0.3 is 0 Å². The van der Waals surface area contributed by atoms with Crippen molar-refractivity contribution in [2.45, 2.75) is 19.3 Å². The first kappa shape index (κ1) is 39.1. The number of aromatic nitrogens is 1. The quantitative estimate of drug-likeness (QED) is 0.116. The summed E-state index contributed by atoms with van der Waals surface area (Å²) in [7, 11) is 0. The van der Waals surface area contributed by atoms with Gasteiger partial charge in [0, 0.05) is 55.5 Å². The number of hydrogen-bond donors (Lipinski definition) is 1. The third-order valence-electron chi connectivity index (χ3n) is 13.5. The van der Waals surface area contributed by atoms with E-state index >= 15 is 0 Å². The Labute approximate surface area is 385 Å². The number of anilines is 4. The molecule has 1 N–H and O–H groups in total. The third kappa shape index (κ3) is 6.57. The molecule has 0 bridgehead atoms. The number of benzene rings is 10. The second-order valence-corrected chi connectivity index (χ2v) is 17.7. The van der Waals surface area contributed by atoms with Crippen molar-refractivity contribution in [1.82, 2.24) is 4.57 Å². The van der Waals surface area contributed by atoms with Gasteiger partial charge in [0.2, 0.25) is 0 Å². The van der Waals surface area contributed by atoms with Crippen molar-refractivity contribution in [1.29, 1.82) is 0 Å². The molecule has 11 aromatic rings. The van der Waals surface area contributed by atoms with Crippen LogP contribution in [0.3, 0.4) is 0 Å². The summed E-state index contributed by atoms with van der Waals surface area (Å²) in [5.41, 5.74) is 21.8. The van der Waals surface area contributed by atoms with Crippen molar-refractivity contribution in [3.05, 3.63) is 259 Å². The number of fused-ring (bicyclic) bond motifs is 7. The number of para-hydroxylation sites is 2. The van der Waals surface area contributed by atoms with Crippen LogP contribution in [-0.2, 0) is 5.41 Å². The molecule has 4 nitrogen and oxygen atoms in total. The zero-order valence-corrected chi connectivity index (χ0v) is 36.9. The van der Waals surface area contributed by atoms with Crippen LogP contribution in [0.1, 0.15) is 36.1 Å². The molecule has 0 fully saturated rings. The molecule has 0 spiro atoms. The minimum absolute atomic E-state index is 0.136. The van der Waals surface area contributed by atoms with Crippen LogP contribution in [-0.4, -0.2) is 10.3 Å². The highest BCUT2D eigenvalue weighted by atomic mass is 15.3. The molecule has 0 aliphatic heterocycles. The highest BCUT2D eigenvalue weighted by Gasteiger charge is 2.35. The number of rotatable bonds is 9. The van der Waals surface area contributed by atoms with Crippen LogP contribution in [0.5, 0.6) is 0 Å². The van der Waals surface area contributed by atoms with E-state index in [0.29, 0.717) is 0 Å². The minimum Gasteiger partial charge on any atom is -0.310 e. The molecule has 12 rings (SSSR count). The van der Waals surface area contributed by atoms with E-state index < -0.39 is 0 Å². The lowest BCUT2D eigenvalue weighted by Crippen LogP contribution is -2.16. The molecule has 0 saturated carbocycles. The summed E-state index contributed by atoms with van der Waals surface area (Å²) in [4.78, 5) is 2.43. The molecular weight excluding hydrogens is 801 g/mol. The molecule has 0 unspecified atom stereocenters. The van der Waals surface area contributed by atoms with Gasteiger partial charge in [-0.25, -0.2) is 0 Å². The summed E-state index contributed by atoms with van der Waals surface area (Å²) in [5, 5.41) is 9.73. The average Bonchev–Trinajstić information content (AvgIpc) is 3.82. The minimum atomic E-state index is -0.136. The van der Waals surface area contributed by atoms with Crippen molar-refractivity contribution in [3.63, 3.8) is 0 Å². The smallest absolute Gasteiger partial charge is 0.0977 e. The number of hydrogen-bond acceptors (Lipinski definition) is 3. The lowest BCUT2D eigenvalue weighted by Gasteiger charge is -2.28. The monoisotopic (exact) mass is 846 g/mol. The highest BCUT2D eigenvalue weighted by Crippen LogP contribution is 2.51. The lowest BCUT2D eigenvalue weighted by atomic mass is 9.82. The Hall–Kier alpha value is -8.47. The van der Waals surface area contributed by atoms with Crippen LogP contribution in [0.2, 0.25) is 0 Å². The van der Waals surface area contributed by atoms with Crippen molar-refractivity contribution in [2.24, 2.45) is 5.10 Å². The summed E-state index contributed by atoms with van der Waals surface area (Å²) in [6, 6.07) is 85.1. The van der Waals surface area contributed by atoms with Gasteiger partial charge in [0.15, 0.2) is 0 Å². The maximum Gasteiger partial charge on any atom is 0.0977 e. The van der Waals surface area contributed by atoms with Gasteiger partial charge in [-0.05, 0) is 105 Å². The molecule has 0 atom stereocenters. The fourth-order valence-corrected chi connectivity index (χ4v) is 10.3. The molecule has 0 radical (unpaired) electrons. The lowest BCUT2D eigenvalue weighted by molar-refractivity contribution is 0.660. The van der Waals surface area contributed by atoms with E-state index in [1.165, 1.54) is 44.1 Å². The Balaban J connectivity index is 0.965. The van der Waals surface area contributed by atoms with Gasteiger partial charge in [-0.1, -0.05) is 184 Å². The van der Waals surface area contributed by atoms with Gasteiger partial charge < -0.3 is 9.47 Å². The van der Waals surface area contributed by atoms with Crippen molar-refractivity contribution in [2.75, 3.05) is 10.3 Å². The van der Waals surface area contributed by atoms with E-state index in [1.807, 2.05) is 12.1 Å². The Bertz CT molecular complexity index is 3580. The predicted octanol–water partition coefficient (Wildman–Crippen LogP) is 16.2. The van der Waals surface area contributed by atoms with Gasteiger partial charge in [-0.15, -0.1) is 0 Å². The topological polar surface area (TPSA) is 32.6 Å². The molecule has 1 aromatic heterocycles. The predicted molar refractivity (Wildman–Crippen MR) is 278 cm³/mol. The van der Waals surface area contributed by atoms with Crippen LogP contribution in [0.25, 0.3) is 60.5 Å². The van der Waals surface area contributed by atoms with E-state index in [4.69, 9.17) is 5.10 Å². The van der Waals surface area contributed by atoms with Crippen LogP contribution in [0, 0.1) is 0 Å². The van der Waals surface area contributed by atoms with Crippen LogP contribution < -0.4 is 10.3 Å². The van der Waals surface area contributed by atoms with E-state index in [9.17, 15) is 0 Å². The summed E-state index contributed by atoms with van der Waals surface area (Å²) in [5.74, 6) is 0. The van der Waals surface area contributed by atoms with Gasteiger partial charge in [0.25, 0.3) is 0 Å². The zero-order chi connectivity index (χ0) is 44.2. The van der Waals surface area contributed by atoms with Crippen molar-refractivity contribution in [3.8, 4) is 27.9 Å². The fraction of sp³-hybridized carbons (Fsp3) is 0.0484. The normalized spacial score (nSPS) is 12.5. The second kappa shape index (κ2) is 16.0. The molecule has 66 heavy (non-hydrogen) atoms. The fourth-order valence-electron chi connectivity index (χ4n) is 10.3. The van der Waals surface area contributed by atoms with E-state index in [0.717, 1.165) is 67.2 Å². The maximum absolute atomic E-state index is 5.03. The molecular formula is C62H46N4. The molecule has 0 amide bonds. The molecule has 1 aliphatic carbocycles. The molecule has 1 heterocycles. The van der Waals surface area contributed by atoms with Gasteiger partial charge in [0.05, 0.1) is 22.4 Å². The van der Waals surface area contributed by atoms with Crippen molar-refractivity contribution < 1.29 is 0 Å². The highest BCUT2D eigenvalue weighted by molar-refractivity contribution is 6.14. The standard InChI is InChI=1S/C62H46N4/c1-62(2)56-29-14-12-24-51(56)52-38-36-48(41-57(52)62)65(47-37-39-60-55(40-47)54-25-13-15-31-59(54)66(60)45-22-10-5-11-23-45)46-34-32-42(33-35-46)49-26-16-28-53-50(49)27-17-30-58(53)63-64-61(43-18-6-3-7-19-43)44-20-8-4-9-21-44/h3-41,63H,1-2H3. The first-order valence-electron chi connectivity index (χ1n) is 22.7. The molecule has 314 valence electrons. The SMILES string of the molecule is CC1(C)c2ccccc2-c2ccc(N(c3ccc(-c4cccc5c(NN=C(c6ccccc6)c6ccccc6)cccc45)cc3)c3ccc4c(c3)c3ccccc3n4-c3ccccc3)cc21. The first-order chi connectivity index (χ1) is 32.5. The van der Waals surface area contributed by atoms with Crippen LogP contribution >= 0.6 is 0 Å². The Morgan fingerprint density at radius 3 is 1.76 bits per heavy atom. The maximum atomic E-state index is 5.03. The van der Waals surface area contributed by atoms with E-state index in [2.05, 4.69) is 253 Å². The summed E-state index contributed by atoms with van der Waals surface area (Å²) in [6.07, 6.45) is 0. The van der Waals surface area contributed by atoms with Gasteiger partial charge in [-0.2, -0.15) is 5.10 Å². The van der Waals surface area contributed by atoms with Crippen LogP contribution in [0.4, 0.5) is 22.7 Å². The molecule has 10 aromatic carbocycles. The van der Waals surface area contributed by atoms with Gasteiger partial charge in [0.1, 0.15) is 0 Å². The molecule has 0 saturated heterocycles. The Kier molecular flexibility index (Phi) is 9.46. The second-order valence-electron chi connectivity index (χ2n) is 17.7. The summed E-state index contributed by atoms with van der Waals surface area (Å²) < 4.78 is 2.38. The number of nitrogens with one attached hydrogen (secondary N) is 1. The van der Waals surface area contributed by atoms with Crippen LogP contribution in [0.15, 0.2) is 242 Å². The van der Waals surface area contributed by atoms with Gasteiger partial charge in [-0.3, -0.25) is 5.43 Å². The van der Waals surface area contributed by atoms with Crippen molar-refractivity contribution >= 4 is 61.0 Å². The molecule has 1 aliphatic rings. The zero-order valence-electron chi connectivity index (χ0n) is 36.9. The Morgan fingerprint density at radius 2 is 0.985 bits per heavy atom. The van der Waals surface area contributed by atoms with E-state index in [1.54, 1.807) is 0 Å². The summed E-state index contributed by atoms with van der Waals surface area (Å²) in [6.45, 7) is 4.71. The largest absolute Gasteiger partial charge is 0.310 e. The third-order valence-corrected chi connectivity index (χ3v) is 13.5. The first-order valence-corrected chi connectivity index (χ1v) is 22.7. The average molecular weight is 847 g/mol. The molecule has 4 heteroatoms.